The van der Waals surface area contributed by atoms with Crippen molar-refractivity contribution in [1.29, 1.82) is 0 Å². The van der Waals surface area contributed by atoms with E-state index >= 15 is 0 Å². The second kappa shape index (κ2) is 4.68. The number of halogens is 4. The summed E-state index contributed by atoms with van der Waals surface area (Å²) < 4.78 is 40.0. The van der Waals surface area contributed by atoms with Gasteiger partial charge >= 0.3 is 0 Å². The maximum absolute atomic E-state index is 13.6. The third kappa shape index (κ3) is 2.31. The summed E-state index contributed by atoms with van der Waals surface area (Å²) in [5.74, 6) is -2.68. The summed E-state index contributed by atoms with van der Waals surface area (Å²) >= 11 is 2.88. The summed E-state index contributed by atoms with van der Waals surface area (Å²) in [5, 5.41) is 0. The van der Waals surface area contributed by atoms with Crippen molar-refractivity contribution < 1.29 is 18.0 Å². The molecule has 0 aromatic heterocycles. The maximum Gasteiger partial charge on any atom is 0.259 e. The summed E-state index contributed by atoms with van der Waals surface area (Å²) in [4.78, 5) is 13.0. The minimum absolute atomic E-state index is 0.0123. The first-order valence-corrected chi connectivity index (χ1v) is 5.87. The monoisotopic (exact) mass is 307 g/mol. The zero-order valence-corrected chi connectivity index (χ0v) is 10.3. The van der Waals surface area contributed by atoms with Gasteiger partial charge in [-0.1, -0.05) is 0 Å². The van der Waals surface area contributed by atoms with E-state index in [0.717, 1.165) is 11.0 Å². The lowest BCUT2D eigenvalue weighted by Gasteiger charge is -2.16. The molecule has 1 saturated heterocycles. The molecular formula is C11H9BrF3NO. The molecule has 1 aromatic rings. The number of hydrogen-bond donors (Lipinski definition) is 0. The van der Waals surface area contributed by atoms with Crippen molar-refractivity contribution >= 4 is 21.8 Å². The van der Waals surface area contributed by atoms with E-state index < -0.39 is 29.3 Å². The number of amides is 1. The Labute approximate surface area is 105 Å². The van der Waals surface area contributed by atoms with Crippen molar-refractivity contribution in [2.45, 2.75) is 12.6 Å². The van der Waals surface area contributed by atoms with Gasteiger partial charge in [0, 0.05) is 6.54 Å². The Morgan fingerprint density at radius 1 is 1.41 bits per heavy atom. The molecule has 0 bridgehead atoms. The van der Waals surface area contributed by atoms with Crippen molar-refractivity contribution in [3.05, 3.63) is 33.8 Å². The van der Waals surface area contributed by atoms with Crippen LogP contribution in [0.25, 0.3) is 0 Å². The van der Waals surface area contributed by atoms with Gasteiger partial charge in [0.05, 0.1) is 11.0 Å². The molecule has 0 aliphatic carbocycles. The van der Waals surface area contributed by atoms with Crippen LogP contribution >= 0.6 is 15.9 Å². The van der Waals surface area contributed by atoms with Crippen LogP contribution in [0.15, 0.2) is 16.6 Å². The number of nitrogens with zero attached hydrogens (tertiary/aromatic N) is 1. The van der Waals surface area contributed by atoms with Crippen molar-refractivity contribution in [2.24, 2.45) is 0 Å². The number of carbonyl (C=O) groups excluding carboxylic acids is 1. The molecule has 6 heteroatoms. The summed E-state index contributed by atoms with van der Waals surface area (Å²) in [6, 6.07) is 2.19. The largest absolute Gasteiger partial charge is 0.335 e. The summed E-state index contributed by atoms with van der Waals surface area (Å²) in [6.07, 6.45) is -0.902. The van der Waals surface area contributed by atoms with Crippen LogP contribution in [0.4, 0.5) is 13.2 Å². The molecule has 0 N–H and O–H groups in total. The van der Waals surface area contributed by atoms with Gasteiger partial charge in [-0.05, 0) is 34.5 Å². The predicted octanol–water partition coefficient (Wildman–Crippen LogP) is 2.91. The Balaban J connectivity index is 2.34. The van der Waals surface area contributed by atoms with Crippen LogP contribution in [-0.4, -0.2) is 30.1 Å². The number of alkyl halides is 1. The number of likely N-dealkylation sites (tertiary alicyclic amines) is 1. The topological polar surface area (TPSA) is 20.3 Å². The first kappa shape index (κ1) is 12.4. The average molecular weight is 308 g/mol. The molecule has 1 unspecified atom stereocenters. The highest BCUT2D eigenvalue weighted by Gasteiger charge is 2.30. The number of carbonyl (C=O) groups is 1. The molecule has 1 fully saturated rings. The smallest absolute Gasteiger partial charge is 0.259 e. The third-order valence-electron chi connectivity index (χ3n) is 2.68. The highest BCUT2D eigenvalue weighted by atomic mass is 79.9. The molecular weight excluding hydrogens is 299 g/mol. The van der Waals surface area contributed by atoms with E-state index in [1.54, 1.807) is 0 Å². The van der Waals surface area contributed by atoms with E-state index in [0.29, 0.717) is 0 Å². The van der Waals surface area contributed by atoms with Gasteiger partial charge in [0.25, 0.3) is 5.91 Å². The van der Waals surface area contributed by atoms with Crippen LogP contribution in [0, 0.1) is 11.6 Å². The first-order valence-electron chi connectivity index (χ1n) is 5.07. The van der Waals surface area contributed by atoms with E-state index in [-0.39, 0.29) is 24.0 Å². The molecule has 1 heterocycles. The molecule has 1 atom stereocenters. The van der Waals surface area contributed by atoms with Gasteiger partial charge in [-0.15, -0.1) is 0 Å². The highest BCUT2D eigenvalue weighted by molar-refractivity contribution is 9.10. The predicted molar refractivity (Wildman–Crippen MR) is 59.5 cm³/mol. The zero-order valence-electron chi connectivity index (χ0n) is 8.72. The fourth-order valence-corrected chi connectivity index (χ4v) is 2.11. The summed E-state index contributed by atoms with van der Waals surface area (Å²) in [5.41, 5.74) is -0.631. The van der Waals surface area contributed by atoms with Gasteiger partial charge in [-0.2, -0.15) is 0 Å². The van der Waals surface area contributed by atoms with Gasteiger partial charge in [-0.25, -0.2) is 13.2 Å². The number of rotatable bonds is 1. The Hall–Kier alpha value is -1.04. The van der Waals surface area contributed by atoms with Crippen LogP contribution < -0.4 is 0 Å². The van der Waals surface area contributed by atoms with Crippen LogP contribution in [0.3, 0.4) is 0 Å². The standard InChI is InChI=1S/C11H9BrF3NO/c12-7-1-2-8(14)9(10(7)15)11(17)16-4-3-6(13)5-16/h1-2,6H,3-5H2. The fraction of sp³-hybridized carbons (Fsp3) is 0.364. The molecule has 1 amide bonds. The molecule has 1 aromatic carbocycles. The second-order valence-electron chi connectivity index (χ2n) is 3.86. The molecule has 0 spiro atoms. The van der Waals surface area contributed by atoms with E-state index in [2.05, 4.69) is 15.9 Å². The van der Waals surface area contributed by atoms with Crippen molar-refractivity contribution in [2.75, 3.05) is 13.1 Å². The average Bonchev–Trinajstić information content (AvgIpc) is 2.71. The van der Waals surface area contributed by atoms with E-state index in [1.165, 1.54) is 6.07 Å². The third-order valence-corrected chi connectivity index (χ3v) is 3.29. The fourth-order valence-electron chi connectivity index (χ4n) is 1.78. The molecule has 0 radical (unpaired) electrons. The van der Waals surface area contributed by atoms with Gasteiger partial charge in [0.1, 0.15) is 17.6 Å². The Bertz CT molecular complexity index is 466. The normalized spacial score (nSPS) is 19.8. The van der Waals surface area contributed by atoms with Crippen molar-refractivity contribution in [3.8, 4) is 0 Å². The minimum atomic E-state index is -1.11. The maximum atomic E-state index is 13.6. The van der Waals surface area contributed by atoms with Crippen molar-refractivity contribution in [3.63, 3.8) is 0 Å². The molecule has 1 aliphatic rings. The van der Waals surface area contributed by atoms with Gasteiger partial charge in [0.2, 0.25) is 0 Å². The van der Waals surface area contributed by atoms with Gasteiger partial charge in [-0.3, -0.25) is 4.79 Å². The minimum Gasteiger partial charge on any atom is -0.335 e. The Kier molecular flexibility index (Phi) is 3.42. The quantitative estimate of drug-likeness (QED) is 0.731. The van der Waals surface area contributed by atoms with E-state index in [4.69, 9.17) is 0 Å². The zero-order chi connectivity index (χ0) is 12.6. The molecule has 17 heavy (non-hydrogen) atoms. The summed E-state index contributed by atoms with van der Waals surface area (Å²) in [6.45, 7) is 0.0790. The lowest BCUT2D eigenvalue weighted by atomic mass is 10.1. The lowest BCUT2D eigenvalue weighted by molar-refractivity contribution is 0.0773. The SMILES string of the molecule is O=C(c1c(F)ccc(Br)c1F)N1CCC(F)C1. The Morgan fingerprint density at radius 3 is 2.71 bits per heavy atom. The van der Waals surface area contributed by atoms with Gasteiger partial charge in [0.15, 0.2) is 5.82 Å². The van der Waals surface area contributed by atoms with Crippen LogP contribution in [0.5, 0.6) is 0 Å². The molecule has 92 valence electrons. The number of hydrogen-bond acceptors (Lipinski definition) is 1. The first-order chi connectivity index (χ1) is 8.00. The van der Waals surface area contributed by atoms with Gasteiger partial charge < -0.3 is 4.90 Å². The number of benzene rings is 1. The lowest BCUT2D eigenvalue weighted by Crippen LogP contribution is -2.30. The van der Waals surface area contributed by atoms with Crippen molar-refractivity contribution in [1.82, 2.24) is 4.90 Å². The Morgan fingerprint density at radius 2 is 2.12 bits per heavy atom. The van der Waals surface area contributed by atoms with Crippen LogP contribution in [0.2, 0.25) is 0 Å². The molecule has 1 aliphatic heterocycles. The van der Waals surface area contributed by atoms with Crippen LogP contribution in [0.1, 0.15) is 16.8 Å². The second-order valence-corrected chi connectivity index (χ2v) is 4.71. The summed E-state index contributed by atoms with van der Waals surface area (Å²) in [7, 11) is 0. The molecule has 2 rings (SSSR count). The van der Waals surface area contributed by atoms with E-state index in [9.17, 15) is 18.0 Å². The van der Waals surface area contributed by atoms with Crippen LogP contribution in [-0.2, 0) is 0 Å². The molecule has 2 nitrogen and oxygen atoms in total. The highest BCUT2D eigenvalue weighted by Crippen LogP contribution is 2.24. The molecule has 0 saturated carbocycles. The van der Waals surface area contributed by atoms with E-state index in [1.807, 2.05) is 0 Å².